The molecule has 21 heteroatoms. The van der Waals surface area contributed by atoms with Crippen molar-refractivity contribution in [1.29, 1.82) is 0 Å². The number of H-pyrrole nitrogens is 2. The van der Waals surface area contributed by atoms with Crippen molar-refractivity contribution in [2.75, 3.05) is 59.3 Å². The van der Waals surface area contributed by atoms with E-state index in [2.05, 4.69) is 61.6 Å². The highest BCUT2D eigenvalue weighted by molar-refractivity contribution is 7.53. The number of carbonyl (C=O) groups is 2. The van der Waals surface area contributed by atoms with Gasteiger partial charge in [0.25, 0.3) is 11.1 Å². The Bertz CT molecular complexity index is 3250. The summed E-state index contributed by atoms with van der Waals surface area (Å²) < 4.78 is 47.4. The summed E-state index contributed by atoms with van der Waals surface area (Å²) in [5.41, 5.74) is 1.03. The van der Waals surface area contributed by atoms with Crippen molar-refractivity contribution in [3.8, 4) is 0 Å². The molecule has 0 bridgehead atoms. The summed E-state index contributed by atoms with van der Waals surface area (Å²) in [5, 5.41) is 2.70. The van der Waals surface area contributed by atoms with Crippen LogP contribution in [0.2, 0.25) is 0 Å². The fourth-order valence-electron chi connectivity index (χ4n) is 9.64. The van der Waals surface area contributed by atoms with Crippen molar-refractivity contribution in [3.63, 3.8) is 0 Å². The number of anilines is 1. The Morgan fingerprint density at radius 3 is 2.01 bits per heavy atom. The van der Waals surface area contributed by atoms with E-state index >= 15 is 4.57 Å². The van der Waals surface area contributed by atoms with Gasteiger partial charge in [-0.25, -0.2) is 23.9 Å². The van der Waals surface area contributed by atoms with Gasteiger partial charge < -0.3 is 18.7 Å². The number of nitrogens with zero attached hydrogens (tertiary/aromatic N) is 7. The van der Waals surface area contributed by atoms with E-state index in [0.717, 1.165) is 16.7 Å². The molecule has 0 radical (unpaired) electrons. The van der Waals surface area contributed by atoms with E-state index in [1.165, 1.54) is 28.9 Å². The number of fused-ring (bicyclic) bond motifs is 1. The van der Waals surface area contributed by atoms with Crippen molar-refractivity contribution in [3.05, 3.63) is 192 Å². The van der Waals surface area contributed by atoms with Crippen molar-refractivity contribution in [1.82, 2.24) is 43.3 Å². The second kappa shape index (κ2) is 21.1. The number of nitrogens with one attached hydrogen (secondary N) is 3. The van der Waals surface area contributed by atoms with Gasteiger partial charge in [-0.3, -0.25) is 48.3 Å². The monoisotopic (exact) mass is 1010 g/mol. The van der Waals surface area contributed by atoms with Gasteiger partial charge in [-0.1, -0.05) is 123 Å². The van der Waals surface area contributed by atoms with Gasteiger partial charge in [-0.2, -0.15) is 4.98 Å². The minimum absolute atomic E-state index is 0.0237. The molecule has 4 aromatic carbocycles. The SMILES string of the molecule is COC(=O)c1ccccc1[C@H]1CN([P@@](=O)(OC[C@@H]2CN(C(c3ccccc3)(c3ccccc3)c3ccccc3)C[C@H](n3cnc4c(=O)[nH]c(NC(=O)C(C)C)nc43)O2)N(C)C)C[C@H](n2cc(C)c(=O)[nH]c2=O)O1. The molecule has 5 atom stereocenters. The number of hydrogen-bond acceptors (Lipinski definition) is 13. The molecule has 5 heterocycles. The summed E-state index contributed by atoms with van der Waals surface area (Å²) >= 11 is 0. The number of amides is 1. The van der Waals surface area contributed by atoms with Crippen LogP contribution in [0.4, 0.5) is 5.95 Å². The molecule has 1 amide bonds. The van der Waals surface area contributed by atoms with E-state index in [0.29, 0.717) is 5.56 Å². The van der Waals surface area contributed by atoms with E-state index < -0.39 is 66.6 Å². The summed E-state index contributed by atoms with van der Waals surface area (Å²) in [6.45, 7) is 4.97. The number of methoxy groups -OCH3 is 1. The lowest BCUT2D eigenvalue weighted by atomic mass is 9.75. The maximum absolute atomic E-state index is 16.0. The quantitative estimate of drug-likeness (QED) is 0.0626. The van der Waals surface area contributed by atoms with Gasteiger partial charge in [0.2, 0.25) is 11.9 Å². The van der Waals surface area contributed by atoms with E-state index in [4.69, 9.17) is 23.7 Å². The smallest absolute Gasteiger partial charge is 0.345 e. The third-order valence-corrected chi connectivity index (χ3v) is 15.8. The lowest BCUT2D eigenvalue weighted by Gasteiger charge is -2.51. The molecule has 2 saturated heterocycles. The van der Waals surface area contributed by atoms with Crippen molar-refractivity contribution < 1.29 is 32.9 Å². The maximum Gasteiger partial charge on any atom is 0.345 e. The first-order chi connectivity index (χ1) is 35.1. The number of ether oxygens (including phenoxy) is 3. The van der Waals surface area contributed by atoms with Crippen LogP contribution >= 0.6 is 7.67 Å². The molecular formula is C52H57N10O10P. The van der Waals surface area contributed by atoms with Crippen LogP contribution in [-0.4, -0.2) is 115 Å². The molecule has 2 aliphatic heterocycles. The van der Waals surface area contributed by atoms with Gasteiger partial charge in [0.1, 0.15) is 6.23 Å². The largest absolute Gasteiger partial charge is 0.465 e. The molecule has 2 aliphatic rings. The summed E-state index contributed by atoms with van der Waals surface area (Å²) in [7, 11) is 0.362. The predicted molar refractivity (Wildman–Crippen MR) is 272 cm³/mol. The average molecular weight is 1010 g/mol. The van der Waals surface area contributed by atoms with Gasteiger partial charge in [0.15, 0.2) is 17.4 Å². The standard InChI is InChI=1S/C52H57N10O10P/c1-33(2)46(63)55-50-54-45-44(48(65)56-50)53-32-62(45)42-29-59(52(35-18-10-7-11-19-35,36-20-12-8-13-21-36)37-22-14-9-15-23-37)27-38(71-42)31-70-73(68,58(4)5)60-28-41(39-24-16-17-25-40(39)49(66)69-6)72-43(30-60)61-26-34(3)47(64)57-51(61)67/h7-26,32-33,38,41-43H,27-31H2,1-6H3,(H,57,64,67)(H2,54,55,56,63,65)/t38-,41+,42+,43+,73-/m0/s1. The molecule has 0 unspecified atom stereocenters. The highest BCUT2D eigenvalue weighted by Gasteiger charge is 2.49. The molecule has 0 aliphatic carbocycles. The number of benzene rings is 4. The molecule has 73 heavy (non-hydrogen) atoms. The molecule has 2 fully saturated rings. The molecule has 20 nitrogen and oxygen atoms in total. The average Bonchev–Trinajstić information content (AvgIpc) is 3.84. The normalized spacial score (nSPS) is 19.7. The van der Waals surface area contributed by atoms with E-state index in [1.54, 1.807) is 68.4 Å². The fraction of sp³-hybridized carbons (Fsp3) is 0.327. The summed E-state index contributed by atoms with van der Waals surface area (Å²) in [5.74, 6) is -1.42. The Morgan fingerprint density at radius 2 is 1.41 bits per heavy atom. The molecule has 380 valence electrons. The van der Waals surface area contributed by atoms with Crippen molar-refractivity contribution in [2.45, 2.75) is 51.0 Å². The van der Waals surface area contributed by atoms with Crippen molar-refractivity contribution >= 4 is 36.7 Å². The topological polar surface area (TPSA) is 228 Å². The maximum atomic E-state index is 16.0. The van der Waals surface area contributed by atoms with Crippen LogP contribution in [0.25, 0.3) is 11.2 Å². The second-order valence-corrected chi connectivity index (χ2v) is 21.1. The van der Waals surface area contributed by atoms with Crippen LogP contribution in [0, 0.1) is 12.8 Å². The van der Waals surface area contributed by atoms with Gasteiger partial charge in [-0.15, -0.1) is 0 Å². The molecule has 7 aromatic rings. The predicted octanol–water partition coefficient (Wildman–Crippen LogP) is 5.81. The number of aromatic amines is 2. The van der Waals surface area contributed by atoms with Gasteiger partial charge in [0, 0.05) is 37.3 Å². The lowest BCUT2D eigenvalue weighted by molar-refractivity contribution is -0.147. The molecule has 9 rings (SSSR count). The van der Waals surface area contributed by atoms with E-state index in [-0.39, 0.29) is 66.9 Å². The van der Waals surface area contributed by atoms with Gasteiger partial charge in [0.05, 0.1) is 49.9 Å². The Morgan fingerprint density at radius 1 is 0.808 bits per heavy atom. The first-order valence-electron chi connectivity index (χ1n) is 23.8. The highest BCUT2D eigenvalue weighted by Crippen LogP contribution is 2.56. The first-order valence-corrected chi connectivity index (χ1v) is 25.3. The number of morpholine rings is 2. The number of rotatable bonds is 15. The highest BCUT2D eigenvalue weighted by atomic mass is 31.2. The van der Waals surface area contributed by atoms with Crippen LogP contribution < -0.4 is 22.1 Å². The second-order valence-electron chi connectivity index (χ2n) is 18.5. The van der Waals surface area contributed by atoms with Crippen LogP contribution in [0.3, 0.4) is 0 Å². The minimum Gasteiger partial charge on any atom is -0.465 e. The zero-order valence-corrected chi connectivity index (χ0v) is 42.1. The number of imidazole rings is 1. The third-order valence-electron chi connectivity index (χ3n) is 13.2. The number of esters is 1. The number of hydrogen-bond donors (Lipinski definition) is 3. The van der Waals surface area contributed by atoms with E-state index in [9.17, 15) is 24.0 Å². The lowest BCUT2D eigenvalue weighted by Crippen LogP contribution is -2.57. The third kappa shape index (κ3) is 9.90. The van der Waals surface area contributed by atoms with Gasteiger partial charge in [-0.05, 0) is 49.3 Å². The Hall–Kier alpha value is -7.16. The fourth-order valence-corrected chi connectivity index (χ4v) is 11.6. The first kappa shape index (κ1) is 50.8. The summed E-state index contributed by atoms with van der Waals surface area (Å²) in [4.78, 5) is 82.0. The minimum atomic E-state index is -4.15. The van der Waals surface area contributed by atoms with Crippen LogP contribution in [0.5, 0.6) is 0 Å². The molecular weight excluding hydrogens is 956 g/mol. The van der Waals surface area contributed by atoms with Crippen LogP contribution in [0.15, 0.2) is 142 Å². The zero-order valence-electron chi connectivity index (χ0n) is 41.2. The Balaban J connectivity index is 1.15. The van der Waals surface area contributed by atoms with Crippen molar-refractivity contribution in [2.24, 2.45) is 5.92 Å². The number of aromatic nitrogens is 6. The Kier molecular flexibility index (Phi) is 14.7. The number of carbonyl (C=O) groups excluding carboxylic acids is 2. The van der Waals surface area contributed by atoms with Crippen LogP contribution in [0.1, 0.15) is 70.6 Å². The summed E-state index contributed by atoms with van der Waals surface area (Å²) in [6.07, 6.45) is -0.982. The molecule has 3 N–H and O–H groups in total. The number of aryl methyl sites for hydroxylation is 1. The molecule has 0 saturated carbocycles. The van der Waals surface area contributed by atoms with E-state index in [1.807, 2.05) is 54.6 Å². The van der Waals surface area contributed by atoms with Gasteiger partial charge >= 0.3 is 19.3 Å². The Labute approximate surface area is 420 Å². The molecule has 0 spiro atoms. The zero-order chi connectivity index (χ0) is 51.6. The summed E-state index contributed by atoms with van der Waals surface area (Å²) in [6, 6.07) is 37.0. The molecule has 3 aromatic heterocycles. The van der Waals surface area contributed by atoms with Crippen LogP contribution in [-0.2, 0) is 33.6 Å².